The minimum Gasteiger partial charge on any atom is -0.465 e. The Morgan fingerprint density at radius 3 is 2.55 bits per heavy atom. The molecule has 2 saturated heterocycles. The van der Waals surface area contributed by atoms with Crippen LogP contribution in [-0.2, 0) is 0 Å². The summed E-state index contributed by atoms with van der Waals surface area (Å²) in [6.07, 6.45) is 0.731. The third-order valence-electron chi connectivity index (χ3n) is 5.04. The first-order valence-corrected chi connectivity index (χ1v) is 6.86. The number of amides is 1. The number of rotatable bonds is 2. The van der Waals surface area contributed by atoms with Gasteiger partial charge in [-0.05, 0) is 50.3 Å². The van der Waals surface area contributed by atoms with Crippen LogP contribution in [0.4, 0.5) is 9.18 Å². The molecule has 0 spiro atoms. The molecule has 2 N–H and O–H groups in total. The summed E-state index contributed by atoms with van der Waals surface area (Å²) in [6, 6.07) is 5.79. The Morgan fingerprint density at radius 2 is 2.00 bits per heavy atom. The molecule has 2 heterocycles. The number of fused-ring (bicyclic) bond motifs is 2. The molecule has 1 aromatic rings. The van der Waals surface area contributed by atoms with E-state index in [1.54, 1.807) is 12.1 Å². The van der Waals surface area contributed by atoms with Crippen LogP contribution < -0.4 is 0 Å². The summed E-state index contributed by atoms with van der Waals surface area (Å²) in [4.78, 5) is 13.0. The zero-order valence-electron chi connectivity index (χ0n) is 11.3. The lowest BCUT2D eigenvalue weighted by molar-refractivity contribution is -0.00183. The minimum atomic E-state index is -1.00. The van der Waals surface area contributed by atoms with Gasteiger partial charge in [0.15, 0.2) is 0 Å². The van der Waals surface area contributed by atoms with Gasteiger partial charge in [-0.1, -0.05) is 12.1 Å². The molecule has 2 fully saturated rings. The molecule has 108 valence electrons. The second-order valence-electron chi connectivity index (χ2n) is 6.18. The van der Waals surface area contributed by atoms with E-state index in [9.17, 15) is 19.4 Å². The average Bonchev–Trinajstić information content (AvgIpc) is 2.87. The lowest BCUT2D eigenvalue weighted by atomic mass is 9.78. The minimum absolute atomic E-state index is 0.403. The highest BCUT2D eigenvalue weighted by Gasteiger charge is 2.63. The van der Waals surface area contributed by atoms with Crippen LogP contribution in [0.1, 0.15) is 44.3 Å². The van der Waals surface area contributed by atoms with Gasteiger partial charge in [-0.25, -0.2) is 9.18 Å². The third kappa shape index (κ3) is 1.66. The maximum atomic E-state index is 13.3. The molecule has 5 heteroatoms. The first-order chi connectivity index (χ1) is 9.39. The lowest BCUT2D eigenvalue weighted by Crippen LogP contribution is -2.51. The van der Waals surface area contributed by atoms with Crippen LogP contribution in [0, 0.1) is 5.82 Å². The van der Waals surface area contributed by atoms with E-state index in [-0.39, 0.29) is 0 Å². The standard InChI is InChI=1S/C15H18FNO3/c1-14-5-7-15(8-6-14,17(14)13(19)20)12(18)10-3-2-4-11(16)9-10/h2-4,9,12,18H,5-8H2,1H3,(H,19,20). The third-order valence-corrected chi connectivity index (χ3v) is 5.04. The normalized spacial score (nSPS) is 33.5. The van der Waals surface area contributed by atoms with Gasteiger partial charge in [0.1, 0.15) is 11.9 Å². The smallest absolute Gasteiger partial charge is 0.408 e. The van der Waals surface area contributed by atoms with Gasteiger partial charge >= 0.3 is 6.09 Å². The van der Waals surface area contributed by atoms with Crippen molar-refractivity contribution in [2.24, 2.45) is 0 Å². The Morgan fingerprint density at radius 1 is 1.35 bits per heavy atom. The monoisotopic (exact) mass is 279 g/mol. The van der Waals surface area contributed by atoms with E-state index in [1.165, 1.54) is 17.0 Å². The fourth-order valence-electron chi connectivity index (χ4n) is 4.01. The van der Waals surface area contributed by atoms with Crippen molar-refractivity contribution in [3.63, 3.8) is 0 Å². The van der Waals surface area contributed by atoms with Crippen molar-refractivity contribution < 1.29 is 19.4 Å². The summed E-state index contributed by atoms with van der Waals surface area (Å²) in [6.45, 7) is 1.92. The number of hydrogen-bond donors (Lipinski definition) is 2. The summed E-state index contributed by atoms with van der Waals surface area (Å²) in [5, 5.41) is 20.2. The van der Waals surface area contributed by atoms with E-state index in [0.717, 1.165) is 12.8 Å². The number of aliphatic hydroxyl groups excluding tert-OH is 1. The number of hydrogen-bond acceptors (Lipinski definition) is 2. The van der Waals surface area contributed by atoms with Gasteiger partial charge < -0.3 is 10.2 Å². The van der Waals surface area contributed by atoms with E-state index in [4.69, 9.17) is 0 Å². The van der Waals surface area contributed by atoms with Crippen molar-refractivity contribution in [1.82, 2.24) is 4.90 Å². The molecule has 0 saturated carbocycles. The maximum Gasteiger partial charge on any atom is 0.408 e. The van der Waals surface area contributed by atoms with Gasteiger partial charge in [0.25, 0.3) is 0 Å². The Labute approximate surface area is 116 Å². The molecule has 2 aliphatic rings. The topological polar surface area (TPSA) is 60.8 Å². The molecule has 1 atom stereocenters. The van der Waals surface area contributed by atoms with Gasteiger partial charge in [0, 0.05) is 5.54 Å². The van der Waals surface area contributed by atoms with Crippen LogP contribution >= 0.6 is 0 Å². The Kier molecular flexibility index (Phi) is 2.80. The van der Waals surface area contributed by atoms with E-state index in [2.05, 4.69) is 0 Å². The second kappa shape index (κ2) is 4.19. The predicted octanol–water partition coefficient (Wildman–Crippen LogP) is 2.92. The molecule has 2 bridgehead atoms. The molecule has 2 aliphatic heterocycles. The van der Waals surface area contributed by atoms with E-state index in [1.807, 2.05) is 6.92 Å². The van der Waals surface area contributed by atoms with Crippen LogP contribution in [0.2, 0.25) is 0 Å². The number of halogens is 1. The van der Waals surface area contributed by atoms with Crippen molar-refractivity contribution in [2.45, 2.75) is 49.8 Å². The molecule has 0 aromatic heterocycles. The largest absolute Gasteiger partial charge is 0.465 e. The number of aliphatic hydroxyl groups is 1. The van der Waals surface area contributed by atoms with Crippen molar-refractivity contribution in [1.29, 1.82) is 0 Å². The molecule has 0 radical (unpaired) electrons. The van der Waals surface area contributed by atoms with Crippen LogP contribution in [0.25, 0.3) is 0 Å². The van der Waals surface area contributed by atoms with Gasteiger partial charge in [-0.15, -0.1) is 0 Å². The molecule has 0 aliphatic carbocycles. The van der Waals surface area contributed by atoms with E-state index in [0.29, 0.717) is 18.4 Å². The first kappa shape index (κ1) is 13.4. The van der Waals surface area contributed by atoms with Crippen molar-refractivity contribution in [3.05, 3.63) is 35.6 Å². The van der Waals surface area contributed by atoms with Crippen LogP contribution in [0.5, 0.6) is 0 Å². The predicted molar refractivity (Wildman–Crippen MR) is 70.8 cm³/mol. The summed E-state index contributed by atoms with van der Waals surface area (Å²) >= 11 is 0. The van der Waals surface area contributed by atoms with E-state index >= 15 is 0 Å². The quantitative estimate of drug-likeness (QED) is 0.875. The Bertz CT molecular complexity index is 552. The molecule has 1 unspecified atom stereocenters. The van der Waals surface area contributed by atoms with Crippen molar-refractivity contribution in [2.75, 3.05) is 0 Å². The summed E-state index contributed by atoms with van der Waals surface area (Å²) in [5.41, 5.74) is -0.767. The molecular formula is C15H18FNO3. The zero-order valence-corrected chi connectivity index (χ0v) is 11.3. The SMILES string of the molecule is CC12CCC(C(O)c3cccc(F)c3)(CC1)N2C(=O)O. The number of benzene rings is 1. The Balaban J connectivity index is 2.02. The van der Waals surface area contributed by atoms with Crippen molar-refractivity contribution >= 4 is 6.09 Å². The van der Waals surface area contributed by atoms with Gasteiger partial charge in [0.05, 0.1) is 5.54 Å². The summed E-state index contributed by atoms with van der Waals surface area (Å²) < 4.78 is 13.3. The number of carboxylic acid groups (broad SMARTS) is 1. The molecule has 3 rings (SSSR count). The Hall–Kier alpha value is -1.62. The van der Waals surface area contributed by atoms with Gasteiger partial charge in [0.2, 0.25) is 0 Å². The van der Waals surface area contributed by atoms with E-state index < -0.39 is 29.1 Å². The second-order valence-corrected chi connectivity index (χ2v) is 6.18. The fraction of sp³-hybridized carbons (Fsp3) is 0.533. The highest BCUT2D eigenvalue weighted by molar-refractivity contribution is 5.69. The fourth-order valence-corrected chi connectivity index (χ4v) is 4.01. The number of nitrogens with zero attached hydrogens (tertiary/aromatic N) is 1. The van der Waals surface area contributed by atoms with Crippen molar-refractivity contribution in [3.8, 4) is 0 Å². The molecular weight excluding hydrogens is 261 g/mol. The lowest BCUT2D eigenvalue weighted by Gasteiger charge is -2.39. The van der Waals surface area contributed by atoms with Gasteiger partial charge in [-0.2, -0.15) is 0 Å². The van der Waals surface area contributed by atoms with Gasteiger partial charge in [-0.3, -0.25) is 4.90 Å². The molecule has 1 aromatic carbocycles. The van der Waals surface area contributed by atoms with Crippen LogP contribution in [0.3, 0.4) is 0 Å². The summed E-state index contributed by atoms with van der Waals surface area (Å²) in [5.74, 6) is -0.418. The molecule has 4 nitrogen and oxygen atoms in total. The highest BCUT2D eigenvalue weighted by Crippen LogP contribution is 2.57. The van der Waals surface area contributed by atoms with Crippen LogP contribution in [0.15, 0.2) is 24.3 Å². The number of carbonyl (C=O) groups is 1. The zero-order chi connectivity index (χ0) is 14.5. The van der Waals surface area contributed by atoms with Crippen LogP contribution in [-0.4, -0.2) is 32.3 Å². The first-order valence-electron chi connectivity index (χ1n) is 6.86. The highest BCUT2D eigenvalue weighted by atomic mass is 19.1. The average molecular weight is 279 g/mol. The summed E-state index contributed by atoms with van der Waals surface area (Å²) in [7, 11) is 0. The molecule has 1 amide bonds. The maximum absolute atomic E-state index is 13.3. The molecule has 20 heavy (non-hydrogen) atoms.